The molecule has 0 saturated heterocycles. The number of ether oxygens (including phenoxy) is 1. The van der Waals surface area contributed by atoms with Crippen LogP contribution < -0.4 is 15.6 Å². The van der Waals surface area contributed by atoms with E-state index in [1.807, 2.05) is 91.5 Å². The van der Waals surface area contributed by atoms with Gasteiger partial charge >= 0.3 is 6.03 Å². The Balaban J connectivity index is 1.79. The molecule has 1 aromatic heterocycles. The second-order valence-corrected chi connectivity index (χ2v) is 10.2. The van der Waals surface area contributed by atoms with E-state index in [4.69, 9.17) is 9.72 Å². The summed E-state index contributed by atoms with van der Waals surface area (Å²) in [5.41, 5.74) is 3.12. The Kier molecular flexibility index (Phi) is 10.5. The molecule has 216 valence electrons. The quantitative estimate of drug-likeness (QED) is 0.170. The minimum Gasteiger partial charge on any atom is -0.494 e. The van der Waals surface area contributed by atoms with Crippen molar-refractivity contribution in [2.75, 3.05) is 18.5 Å². The number of carbonyl (C=O) groups is 1. The summed E-state index contributed by atoms with van der Waals surface area (Å²) < 4.78 is 7.25. The second-order valence-electron chi connectivity index (χ2n) is 10.2. The van der Waals surface area contributed by atoms with Crippen molar-refractivity contribution in [3.05, 3.63) is 94.5 Å². The Bertz CT molecular complexity index is 1480. The topological polar surface area (TPSA) is 76.5 Å². The molecule has 7 heteroatoms. The van der Waals surface area contributed by atoms with Crippen molar-refractivity contribution >= 4 is 22.6 Å². The number of amides is 2. The van der Waals surface area contributed by atoms with Crippen LogP contribution in [0.25, 0.3) is 16.6 Å². The van der Waals surface area contributed by atoms with Gasteiger partial charge in [-0.3, -0.25) is 9.36 Å². The number of fused-ring (bicyclic) bond motifs is 1. The highest BCUT2D eigenvalue weighted by molar-refractivity contribution is 5.89. The molecule has 0 radical (unpaired) electrons. The standard InChI is InChI=1S/C34H42N4O3/c1-5-9-10-13-24-37(34(40)35-26-18-22-28(23-19-26)41-8-4)31(7-3)32-36-30-15-12-11-14-29(30)33(39)38(32)27-20-16-25(6-2)17-21-27/h11-12,14-23,31H,5-10,13,24H2,1-4H3,(H,35,40). The molecule has 1 N–H and O–H groups in total. The second kappa shape index (κ2) is 14.5. The van der Waals surface area contributed by atoms with E-state index < -0.39 is 6.04 Å². The largest absolute Gasteiger partial charge is 0.494 e. The Morgan fingerprint density at radius 3 is 2.32 bits per heavy atom. The molecule has 2 amide bonds. The van der Waals surface area contributed by atoms with Crippen LogP contribution in [-0.4, -0.2) is 33.6 Å². The summed E-state index contributed by atoms with van der Waals surface area (Å²) in [6.07, 6.45) is 5.61. The summed E-state index contributed by atoms with van der Waals surface area (Å²) >= 11 is 0. The number of unbranched alkanes of at least 4 members (excludes halogenated alkanes) is 3. The van der Waals surface area contributed by atoms with E-state index in [0.29, 0.717) is 42.0 Å². The fraction of sp³-hybridized carbons (Fsp3) is 0.382. The molecule has 0 aliphatic rings. The van der Waals surface area contributed by atoms with Crippen LogP contribution in [0.4, 0.5) is 10.5 Å². The third-order valence-corrected chi connectivity index (χ3v) is 7.40. The van der Waals surface area contributed by atoms with E-state index in [1.54, 1.807) is 4.57 Å². The summed E-state index contributed by atoms with van der Waals surface area (Å²) in [5, 5.41) is 3.63. The van der Waals surface area contributed by atoms with Crippen LogP contribution in [-0.2, 0) is 6.42 Å². The molecule has 41 heavy (non-hydrogen) atoms. The minimum absolute atomic E-state index is 0.133. The molecule has 1 unspecified atom stereocenters. The maximum Gasteiger partial charge on any atom is 0.322 e. The monoisotopic (exact) mass is 554 g/mol. The number of nitrogens with zero attached hydrogens (tertiary/aromatic N) is 3. The molecule has 0 fully saturated rings. The van der Waals surface area contributed by atoms with E-state index in [1.165, 1.54) is 5.56 Å². The molecule has 1 atom stereocenters. The van der Waals surface area contributed by atoms with Crippen LogP contribution in [0.3, 0.4) is 0 Å². The van der Waals surface area contributed by atoms with E-state index >= 15 is 0 Å². The Morgan fingerprint density at radius 2 is 1.66 bits per heavy atom. The van der Waals surface area contributed by atoms with Gasteiger partial charge in [0, 0.05) is 12.2 Å². The first-order valence-electron chi connectivity index (χ1n) is 14.9. The molecular formula is C34H42N4O3. The lowest BCUT2D eigenvalue weighted by molar-refractivity contribution is 0.179. The Labute approximate surface area is 243 Å². The molecule has 4 aromatic rings. The third kappa shape index (κ3) is 7.15. The van der Waals surface area contributed by atoms with Crippen molar-refractivity contribution in [2.24, 2.45) is 0 Å². The van der Waals surface area contributed by atoms with Gasteiger partial charge in [0.15, 0.2) is 0 Å². The number of benzene rings is 3. The lowest BCUT2D eigenvalue weighted by Crippen LogP contribution is -2.41. The normalized spacial score (nSPS) is 11.8. The fourth-order valence-corrected chi connectivity index (χ4v) is 5.15. The van der Waals surface area contributed by atoms with Gasteiger partial charge in [-0.1, -0.05) is 64.3 Å². The van der Waals surface area contributed by atoms with Gasteiger partial charge in [0.1, 0.15) is 11.6 Å². The molecule has 0 spiro atoms. The fourth-order valence-electron chi connectivity index (χ4n) is 5.15. The average molecular weight is 555 g/mol. The Hall–Kier alpha value is -4.13. The van der Waals surface area contributed by atoms with E-state index in [2.05, 4.69) is 19.2 Å². The molecule has 4 rings (SSSR count). The van der Waals surface area contributed by atoms with E-state index in [0.717, 1.165) is 43.5 Å². The summed E-state index contributed by atoms with van der Waals surface area (Å²) in [6.45, 7) is 9.40. The van der Waals surface area contributed by atoms with Gasteiger partial charge in [0.2, 0.25) is 0 Å². The number of rotatable bonds is 13. The number of nitrogens with one attached hydrogen (secondary N) is 1. The van der Waals surface area contributed by atoms with E-state index in [-0.39, 0.29) is 11.6 Å². The zero-order chi connectivity index (χ0) is 29.2. The first kappa shape index (κ1) is 29.8. The van der Waals surface area contributed by atoms with Crippen molar-refractivity contribution in [2.45, 2.75) is 72.3 Å². The minimum atomic E-state index is -0.414. The smallest absolute Gasteiger partial charge is 0.322 e. The van der Waals surface area contributed by atoms with Crippen LogP contribution in [0.5, 0.6) is 5.75 Å². The number of hydrogen-bond donors (Lipinski definition) is 1. The molecule has 1 heterocycles. The van der Waals surface area contributed by atoms with Gasteiger partial charge in [0.05, 0.1) is 29.2 Å². The molecule has 0 saturated carbocycles. The number of para-hydroxylation sites is 1. The SMILES string of the molecule is CCCCCCN(C(=O)Nc1ccc(OCC)cc1)C(CC)c1nc2ccccc2c(=O)n1-c1ccc(CC)cc1. The molecule has 7 nitrogen and oxygen atoms in total. The highest BCUT2D eigenvalue weighted by atomic mass is 16.5. The average Bonchev–Trinajstić information content (AvgIpc) is 3.00. The maximum absolute atomic E-state index is 14.0. The highest BCUT2D eigenvalue weighted by Gasteiger charge is 2.29. The van der Waals surface area contributed by atoms with Crippen LogP contribution in [0, 0.1) is 0 Å². The van der Waals surface area contributed by atoms with Gasteiger partial charge in [-0.15, -0.1) is 0 Å². The van der Waals surface area contributed by atoms with Crippen LogP contribution in [0.15, 0.2) is 77.6 Å². The Morgan fingerprint density at radius 1 is 0.927 bits per heavy atom. The van der Waals surface area contributed by atoms with Gasteiger partial charge in [-0.05, 0) is 80.3 Å². The summed E-state index contributed by atoms with van der Waals surface area (Å²) in [4.78, 5) is 34.8. The summed E-state index contributed by atoms with van der Waals surface area (Å²) in [7, 11) is 0. The summed E-state index contributed by atoms with van der Waals surface area (Å²) in [6, 6.07) is 22.2. The lowest BCUT2D eigenvalue weighted by atomic mass is 10.1. The third-order valence-electron chi connectivity index (χ3n) is 7.40. The maximum atomic E-state index is 14.0. The predicted octanol–water partition coefficient (Wildman–Crippen LogP) is 7.91. The van der Waals surface area contributed by atoms with Crippen LogP contribution >= 0.6 is 0 Å². The number of carbonyl (C=O) groups excluding carboxylic acids is 1. The molecule has 0 aliphatic carbocycles. The molecule has 0 aliphatic heterocycles. The van der Waals surface area contributed by atoms with E-state index in [9.17, 15) is 9.59 Å². The number of hydrogen-bond acceptors (Lipinski definition) is 4. The highest BCUT2D eigenvalue weighted by Crippen LogP contribution is 2.28. The molecular weight excluding hydrogens is 512 g/mol. The summed E-state index contributed by atoms with van der Waals surface area (Å²) in [5.74, 6) is 1.32. The van der Waals surface area contributed by atoms with Crippen molar-refractivity contribution in [3.8, 4) is 11.4 Å². The van der Waals surface area contributed by atoms with Crippen molar-refractivity contribution in [1.29, 1.82) is 0 Å². The molecule has 3 aromatic carbocycles. The number of aromatic nitrogens is 2. The first-order chi connectivity index (χ1) is 20.0. The number of anilines is 1. The van der Waals surface area contributed by atoms with Crippen LogP contribution in [0.1, 0.15) is 77.2 Å². The number of aryl methyl sites for hydroxylation is 1. The van der Waals surface area contributed by atoms with Crippen molar-refractivity contribution in [1.82, 2.24) is 14.5 Å². The van der Waals surface area contributed by atoms with Crippen molar-refractivity contribution < 1.29 is 9.53 Å². The van der Waals surface area contributed by atoms with Gasteiger partial charge in [0.25, 0.3) is 5.56 Å². The lowest BCUT2D eigenvalue weighted by Gasteiger charge is -2.32. The van der Waals surface area contributed by atoms with Gasteiger partial charge < -0.3 is 15.0 Å². The van der Waals surface area contributed by atoms with Crippen molar-refractivity contribution in [3.63, 3.8) is 0 Å². The first-order valence-corrected chi connectivity index (χ1v) is 14.9. The zero-order valence-corrected chi connectivity index (χ0v) is 24.7. The van der Waals surface area contributed by atoms with Gasteiger partial charge in [-0.2, -0.15) is 0 Å². The van der Waals surface area contributed by atoms with Gasteiger partial charge in [-0.25, -0.2) is 9.78 Å². The molecule has 0 bridgehead atoms. The zero-order valence-electron chi connectivity index (χ0n) is 24.7. The van der Waals surface area contributed by atoms with Crippen LogP contribution in [0.2, 0.25) is 0 Å². The predicted molar refractivity (Wildman–Crippen MR) is 167 cm³/mol. The number of urea groups is 1.